The molecule has 88 valence electrons. The Morgan fingerprint density at radius 1 is 1.53 bits per heavy atom. The van der Waals surface area contributed by atoms with E-state index in [-0.39, 0.29) is 10.0 Å². The lowest BCUT2D eigenvalue weighted by atomic mass is 9.91. The molecule has 15 heavy (non-hydrogen) atoms. The van der Waals surface area contributed by atoms with Crippen LogP contribution < -0.4 is 0 Å². The molecule has 3 nitrogen and oxygen atoms in total. The summed E-state index contributed by atoms with van der Waals surface area (Å²) in [4.78, 5) is 11.5. The Bertz CT molecular complexity index is 249. The number of alkyl halides is 1. The van der Waals surface area contributed by atoms with Crippen molar-refractivity contribution >= 4 is 22.0 Å². The van der Waals surface area contributed by atoms with E-state index in [9.17, 15) is 9.90 Å². The number of quaternary nitrogens is 1. The Labute approximate surface area is 100 Å². The highest BCUT2D eigenvalue weighted by molar-refractivity contribution is 9.09. The maximum Gasteiger partial charge on any atom is 0.513 e. The fourth-order valence-electron chi connectivity index (χ4n) is 2.47. The topological polar surface area (TPSA) is 37.3 Å². The number of likely N-dealkylation sites (tertiary alicyclic amines) is 1. The molecule has 0 saturated carbocycles. The molecule has 1 N–H and O–H groups in total. The number of hydrogen-bond acceptors (Lipinski definition) is 1. The van der Waals surface area contributed by atoms with Gasteiger partial charge in [0.25, 0.3) is 0 Å². The van der Waals surface area contributed by atoms with Gasteiger partial charge in [-0.25, -0.2) is 4.48 Å². The zero-order valence-corrected chi connectivity index (χ0v) is 11.4. The van der Waals surface area contributed by atoms with Gasteiger partial charge < -0.3 is 5.11 Å². The van der Waals surface area contributed by atoms with Gasteiger partial charge in [0.05, 0.1) is 13.1 Å². The third-order valence-corrected chi connectivity index (χ3v) is 4.51. The summed E-state index contributed by atoms with van der Waals surface area (Å²) >= 11 is 3.48. The lowest BCUT2D eigenvalue weighted by Gasteiger charge is -2.47. The van der Waals surface area contributed by atoms with Crippen LogP contribution in [0.25, 0.3) is 0 Å². The molecule has 1 saturated heterocycles. The molecular weight excluding hydrogens is 258 g/mol. The highest BCUT2D eigenvalue weighted by Gasteiger charge is 2.50. The molecule has 1 rings (SSSR count). The van der Waals surface area contributed by atoms with E-state index in [1.807, 2.05) is 20.8 Å². The van der Waals surface area contributed by atoms with Crippen molar-refractivity contribution in [3.63, 3.8) is 0 Å². The number of amides is 1. The van der Waals surface area contributed by atoms with E-state index < -0.39 is 6.09 Å². The lowest BCUT2D eigenvalue weighted by molar-refractivity contribution is -0.911. The van der Waals surface area contributed by atoms with E-state index in [0.717, 1.165) is 31.3 Å². The fourth-order valence-corrected chi connectivity index (χ4v) is 3.00. The molecular formula is C11H21BrNO2+. The third-order valence-electron chi connectivity index (χ3n) is 3.59. The SMILES string of the molecule is CC(C)(C)[N+]1(C(=O)O)CCC[C@H](CBr)C1. The maximum absolute atomic E-state index is 11.5. The van der Waals surface area contributed by atoms with Crippen molar-refractivity contribution in [3.8, 4) is 0 Å². The summed E-state index contributed by atoms with van der Waals surface area (Å²) in [7, 11) is 0. The Kier molecular flexibility index (Phi) is 3.82. The molecule has 0 aliphatic carbocycles. The standard InChI is InChI=1S/C11H20BrNO2/c1-11(2,3)13(10(14)15)6-4-5-9(7-12)8-13/h9H,4-8H2,1-3H3/p+1/t9-,13?/m1/s1. The minimum atomic E-state index is -0.673. The number of carbonyl (C=O) groups is 1. The van der Waals surface area contributed by atoms with Gasteiger partial charge in [-0.1, -0.05) is 15.9 Å². The number of carboxylic acid groups (broad SMARTS) is 1. The maximum atomic E-state index is 11.5. The molecule has 1 amide bonds. The van der Waals surface area contributed by atoms with E-state index >= 15 is 0 Å². The molecule has 0 bridgehead atoms. The highest BCUT2D eigenvalue weighted by Crippen LogP contribution is 2.33. The molecule has 4 heteroatoms. The van der Waals surface area contributed by atoms with E-state index in [4.69, 9.17) is 0 Å². The predicted octanol–water partition coefficient (Wildman–Crippen LogP) is 3.08. The van der Waals surface area contributed by atoms with Crippen molar-refractivity contribution < 1.29 is 14.4 Å². The van der Waals surface area contributed by atoms with Crippen LogP contribution in [0, 0.1) is 5.92 Å². The first-order valence-electron chi connectivity index (χ1n) is 5.50. The van der Waals surface area contributed by atoms with Gasteiger partial charge in [0.15, 0.2) is 0 Å². The average Bonchev–Trinajstić information content (AvgIpc) is 2.16. The summed E-state index contributed by atoms with van der Waals surface area (Å²) in [5.41, 5.74) is -0.216. The molecule has 1 fully saturated rings. The third kappa shape index (κ3) is 2.36. The highest BCUT2D eigenvalue weighted by atomic mass is 79.9. The largest absolute Gasteiger partial charge is 0.513 e. The monoisotopic (exact) mass is 278 g/mol. The molecule has 1 aliphatic rings. The Morgan fingerprint density at radius 2 is 2.13 bits per heavy atom. The van der Waals surface area contributed by atoms with Crippen molar-refractivity contribution in [1.82, 2.24) is 0 Å². The first-order chi connectivity index (χ1) is 6.83. The van der Waals surface area contributed by atoms with Gasteiger partial charge in [0, 0.05) is 11.2 Å². The zero-order valence-electron chi connectivity index (χ0n) is 9.79. The van der Waals surface area contributed by atoms with E-state index in [0.29, 0.717) is 5.92 Å². The van der Waals surface area contributed by atoms with E-state index in [2.05, 4.69) is 15.9 Å². The van der Waals surface area contributed by atoms with Gasteiger partial charge in [0.1, 0.15) is 5.54 Å². The van der Waals surface area contributed by atoms with Crippen molar-refractivity contribution in [2.75, 3.05) is 18.4 Å². The van der Waals surface area contributed by atoms with E-state index in [1.54, 1.807) is 0 Å². The smallest absolute Gasteiger partial charge is 0.435 e. The average molecular weight is 279 g/mol. The number of hydrogen-bond donors (Lipinski definition) is 1. The minimum Gasteiger partial charge on any atom is -0.435 e. The number of halogens is 1. The minimum absolute atomic E-state index is 0.212. The molecule has 0 spiro atoms. The van der Waals surface area contributed by atoms with Crippen LogP contribution in [0.2, 0.25) is 0 Å². The number of nitrogens with zero attached hydrogens (tertiary/aromatic N) is 1. The van der Waals surface area contributed by atoms with Crippen LogP contribution in [0.15, 0.2) is 0 Å². The normalized spacial score (nSPS) is 32.7. The first-order valence-corrected chi connectivity index (χ1v) is 6.62. The second kappa shape index (κ2) is 4.42. The van der Waals surface area contributed by atoms with Crippen LogP contribution >= 0.6 is 15.9 Å². The van der Waals surface area contributed by atoms with Gasteiger partial charge in [-0.3, -0.25) is 0 Å². The Hall–Kier alpha value is -0.0900. The molecule has 1 aliphatic heterocycles. The molecule has 0 aromatic carbocycles. The fraction of sp³-hybridized carbons (Fsp3) is 0.909. The summed E-state index contributed by atoms with van der Waals surface area (Å²) in [6.45, 7) is 7.60. The van der Waals surface area contributed by atoms with Crippen LogP contribution in [0.3, 0.4) is 0 Å². The first kappa shape index (κ1) is 13.0. The molecule has 1 unspecified atom stereocenters. The summed E-state index contributed by atoms with van der Waals surface area (Å²) in [6.07, 6.45) is 1.49. The van der Waals surface area contributed by atoms with Crippen molar-refractivity contribution in [2.24, 2.45) is 5.92 Å². The molecule has 2 atom stereocenters. The molecule has 0 radical (unpaired) electrons. The van der Waals surface area contributed by atoms with Crippen LogP contribution in [0.1, 0.15) is 33.6 Å². The second-order valence-electron chi connectivity index (χ2n) is 5.49. The Balaban J connectivity index is 2.96. The summed E-state index contributed by atoms with van der Waals surface area (Å²) in [5, 5.41) is 10.4. The summed E-state index contributed by atoms with van der Waals surface area (Å²) in [6, 6.07) is 0. The second-order valence-corrected chi connectivity index (χ2v) is 6.14. The van der Waals surface area contributed by atoms with Gasteiger partial charge >= 0.3 is 6.09 Å². The Morgan fingerprint density at radius 3 is 2.53 bits per heavy atom. The molecule has 0 aromatic rings. The quantitative estimate of drug-likeness (QED) is 0.591. The van der Waals surface area contributed by atoms with Gasteiger partial charge in [-0.05, 0) is 33.6 Å². The van der Waals surface area contributed by atoms with Crippen molar-refractivity contribution in [3.05, 3.63) is 0 Å². The van der Waals surface area contributed by atoms with Crippen molar-refractivity contribution in [2.45, 2.75) is 39.2 Å². The van der Waals surface area contributed by atoms with Crippen LogP contribution in [0.5, 0.6) is 0 Å². The van der Waals surface area contributed by atoms with Crippen molar-refractivity contribution in [1.29, 1.82) is 0 Å². The van der Waals surface area contributed by atoms with Gasteiger partial charge in [0.2, 0.25) is 0 Å². The predicted molar refractivity (Wildman–Crippen MR) is 64.3 cm³/mol. The molecule has 1 heterocycles. The van der Waals surface area contributed by atoms with Gasteiger partial charge in [-0.2, -0.15) is 4.79 Å². The van der Waals surface area contributed by atoms with Crippen LogP contribution in [0.4, 0.5) is 4.79 Å². The lowest BCUT2D eigenvalue weighted by Crippen LogP contribution is -2.66. The molecule has 0 aromatic heterocycles. The number of rotatable bonds is 1. The van der Waals surface area contributed by atoms with Gasteiger partial charge in [-0.15, -0.1) is 0 Å². The zero-order chi connectivity index (χ0) is 11.7. The van der Waals surface area contributed by atoms with Crippen LogP contribution in [-0.2, 0) is 0 Å². The summed E-state index contributed by atoms with van der Waals surface area (Å²) in [5.74, 6) is 0.495. The summed E-state index contributed by atoms with van der Waals surface area (Å²) < 4.78 is 0.212. The van der Waals surface area contributed by atoms with Crippen LogP contribution in [-0.4, -0.2) is 39.6 Å². The van der Waals surface area contributed by atoms with E-state index in [1.165, 1.54) is 0 Å². The number of piperidine rings is 1.